The Kier molecular flexibility index (Phi) is 3.80. The van der Waals surface area contributed by atoms with E-state index in [0.717, 1.165) is 23.2 Å². The summed E-state index contributed by atoms with van der Waals surface area (Å²) in [6.45, 7) is 0.596. The molecule has 2 aromatic rings. The second-order valence-electron chi connectivity index (χ2n) is 3.81. The number of nitrogens with two attached hydrogens (primary N) is 1. The minimum atomic E-state index is 0.596. The van der Waals surface area contributed by atoms with Crippen molar-refractivity contribution in [2.75, 3.05) is 6.54 Å². The zero-order valence-electron chi connectivity index (χ0n) is 10.00. The van der Waals surface area contributed by atoms with Gasteiger partial charge < -0.3 is 10.3 Å². The van der Waals surface area contributed by atoms with Crippen molar-refractivity contribution in [3.63, 3.8) is 0 Å². The van der Waals surface area contributed by atoms with Crippen LogP contribution in [0.25, 0.3) is 0 Å². The maximum atomic E-state index is 5.51. The summed E-state index contributed by atoms with van der Waals surface area (Å²) < 4.78 is 3.79. The summed E-state index contributed by atoms with van der Waals surface area (Å²) in [4.78, 5) is 0. The van der Waals surface area contributed by atoms with Crippen LogP contribution in [-0.4, -0.2) is 31.1 Å². The summed E-state index contributed by atoms with van der Waals surface area (Å²) in [6.07, 6.45) is 4.63. The summed E-state index contributed by atoms with van der Waals surface area (Å²) in [5.41, 5.74) is 6.69. The molecule has 0 unspecified atom stereocenters. The molecule has 0 spiro atoms. The van der Waals surface area contributed by atoms with Crippen LogP contribution < -0.4 is 5.73 Å². The van der Waals surface area contributed by atoms with Crippen molar-refractivity contribution in [2.24, 2.45) is 19.8 Å². The van der Waals surface area contributed by atoms with Crippen LogP contribution in [0.2, 0.25) is 0 Å². The van der Waals surface area contributed by atoms with Gasteiger partial charge >= 0.3 is 0 Å². The SMILES string of the molecule is Cn1cc(CSc2nnc(CCN)n2C)cn1. The Hall–Kier alpha value is -1.34. The van der Waals surface area contributed by atoms with Crippen LogP contribution in [-0.2, 0) is 26.3 Å². The number of nitrogens with zero attached hydrogens (tertiary/aromatic N) is 5. The Labute approximate surface area is 104 Å². The van der Waals surface area contributed by atoms with Gasteiger partial charge in [0.05, 0.1) is 6.20 Å². The zero-order chi connectivity index (χ0) is 12.3. The molecule has 0 amide bonds. The summed E-state index contributed by atoms with van der Waals surface area (Å²) in [6, 6.07) is 0. The average molecular weight is 252 g/mol. The molecule has 2 N–H and O–H groups in total. The summed E-state index contributed by atoms with van der Waals surface area (Å²) in [5, 5.41) is 13.3. The van der Waals surface area contributed by atoms with Crippen molar-refractivity contribution in [1.82, 2.24) is 24.5 Å². The molecule has 2 rings (SSSR count). The average Bonchev–Trinajstić information content (AvgIpc) is 2.86. The van der Waals surface area contributed by atoms with Crippen LogP contribution >= 0.6 is 11.8 Å². The van der Waals surface area contributed by atoms with E-state index < -0.39 is 0 Å². The Morgan fingerprint density at radius 3 is 2.82 bits per heavy atom. The van der Waals surface area contributed by atoms with Crippen molar-refractivity contribution in [3.05, 3.63) is 23.8 Å². The van der Waals surface area contributed by atoms with Crippen molar-refractivity contribution in [2.45, 2.75) is 17.3 Å². The molecule has 2 heterocycles. The smallest absolute Gasteiger partial charge is 0.191 e. The first-order valence-corrected chi connectivity index (χ1v) is 6.38. The summed E-state index contributed by atoms with van der Waals surface area (Å²) >= 11 is 1.66. The number of rotatable bonds is 5. The van der Waals surface area contributed by atoms with E-state index in [2.05, 4.69) is 15.3 Å². The second kappa shape index (κ2) is 5.33. The van der Waals surface area contributed by atoms with Gasteiger partial charge in [-0.15, -0.1) is 10.2 Å². The normalized spacial score (nSPS) is 11.0. The van der Waals surface area contributed by atoms with Crippen LogP contribution in [0, 0.1) is 0 Å². The van der Waals surface area contributed by atoms with Crippen LogP contribution in [0.1, 0.15) is 11.4 Å². The number of aryl methyl sites for hydroxylation is 1. The fraction of sp³-hybridized carbons (Fsp3) is 0.500. The zero-order valence-corrected chi connectivity index (χ0v) is 10.8. The second-order valence-corrected chi connectivity index (χ2v) is 4.75. The molecule has 0 bridgehead atoms. The molecule has 0 fully saturated rings. The number of thioether (sulfide) groups is 1. The lowest BCUT2D eigenvalue weighted by Gasteiger charge is -2.01. The van der Waals surface area contributed by atoms with E-state index in [-0.39, 0.29) is 0 Å². The molecule has 17 heavy (non-hydrogen) atoms. The van der Waals surface area contributed by atoms with E-state index in [4.69, 9.17) is 5.73 Å². The first-order chi connectivity index (χ1) is 8.20. The van der Waals surface area contributed by atoms with E-state index >= 15 is 0 Å². The molecular weight excluding hydrogens is 236 g/mol. The van der Waals surface area contributed by atoms with Crippen molar-refractivity contribution >= 4 is 11.8 Å². The van der Waals surface area contributed by atoms with Crippen molar-refractivity contribution in [1.29, 1.82) is 0 Å². The Balaban J connectivity index is 1.99. The lowest BCUT2D eigenvalue weighted by molar-refractivity contribution is 0.727. The predicted octanol–water partition coefficient (Wildman–Crippen LogP) is 0.342. The van der Waals surface area contributed by atoms with Crippen LogP contribution in [0.5, 0.6) is 0 Å². The van der Waals surface area contributed by atoms with Gasteiger partial charge in [0.1, 0.15) is 5.82 Å². The molecule has 2 aromatic heterocycles. The van der Waals surface area contributed by atoms with E-state index in [1.54, 1.807) is 16.4 Å². The predicted molar refractivity (Wildman–Crippen MR) is 66.5 cm³/mol. The Morgan fingerprint density at radius 1 is 1.35 bits per heavy atom. The molecule has 0 aliphatic heterocycles. The van der Waals surface area contributed by atoms with Gasteiger partial charge in [-0.2, -0.15) is 5.10 Å². The molecule has 0 aliphatic rings. The molecule has 7 heteroatoms. The molecule has 0 radical (unpaired) electrons. The fourth-order valence-electron chi connectivity index (χ4n) is 1.51. The highest BCUT2D eigenvalue weighted by Gasteiger charge is 2.08. The third-order valence-electron chi connectivity index (χ3n) is 2.42. The van der Waals surface area contributed by atoms with Gasteiger partial charge in [0.15, 0.2) is 5.16 Å². The highest BCUT2D eigenvalue weighted by molar-refractivity contribution is 7.98. The van der Waals surface area contributed by atoms with Gasteiger partial charge in [-0.25, -0.2) is 0 Å². The van der Waals surface area contributed by atoms with Crippen LogP contribution in [0.3, 0.4) is 0 Å². The van der Waals surface area contributed by atoms with Crippen LogP contribution in [0.15, 0.2) is 17.6 Å². The molecule has 6 nitrogen and oxygen atoms in total. The largest absolute Gasteiger partial charge is 0.330 e. The molecule has 0 aliphatic carbocycles. The first kappa shape index (κ1) is 12.1. The van der Waals surface area contributed by atoms with Crippen molar-refractivity contribution in [3.8, 4) is 0 Å². The lowest BCUT2D eigenvalue weighted by atomic mass is 10.4. The molecule has 0 atom stereocenters. The van der Waals surface area contributed by atoms with Gasteiger partial charge in [-0.1, -0.05) is 11.8 Å². The highest BCUT2D eigenvalue weighted by atomic mass is 32.2. The van der Waals surface area contributed by atoms with Gasteiger partial charge in [0.25, 0.3) is 0 Å². The van der Waals surface area contributed by atoms with Gasteiger partial charge in [-0.3, -0.25) is 4.68 Å². The lowest BCUT2D eigenvalue weighted by Crippen LogP contribution is -2.08. The van der Waals surface area contributed by atoms with E-state index in [0.29, 0.717) is 6.54 Å². The minimum absolute atomic E-state index is 0.596. The molecule has 0 saturated heterocycles. The summed E-state index contributed by atoms with van der Waals surface area (Å²) in [5.74, 6) is 1.78. The highest BCUT2D eigenvalue weighted by Crippen LogP contribution is 2.20. The van der Waals surface area contributed by atoms with Gasteiger partial charge in [-0.05, 0) is 6.54 Å². The van der Waals surface area contributed by atoms with E-state index in [1.807, 2.05) is 31.1 Å². The Bertz CT molecular complexity index is 489. The topological polar surface area (TPSA) is 74.6 Å². The first-order valence-electron chi connectivity index (χ1n) is 5.39. The van der Waals surface area contributed by atoms with E-state index in [1.165, 1.54) is 5.56 Å². The molecule has 0 saturated carbocycles. The van der Waals surface area contributed by atoms with Crippen LogP contribution in [0.4, 0.5) is 0 Å². The Morgan fingerprint density at radius 2 is 2.18 bits per heavy atom. The maximum absolute atomic E-state index is 5.51. The molecule has 92 valence electrons. The molecular formula is C10H16N6S. The molecule has 0 aromatic carbocycles. The standard InChI is InChI=1S/C10H16N6S/c1-15-6-8(5-12-15)7-17-10-14-13-9(3-4-11)16(10)2/h5-6H,3-4,7,11H2,1-2H3. The minimum Gasteiger partial charge on any atom is -0.330 e. The van der Waals surface area contributed by atoms with Crippen molar-refractivity contribution < 1.29 is 0 Å². The van der Waals surface area contributed by atoms with E-state index in [9.17, 15) is 0 Å². The van der Waals surface area contributed by atoms with Gasteiger partial charge in [0.2, 0.25) is 0 Å². The number of hydrogen-bond acceptors (Lipinski definition) is 5. The number of hydrogen-bond donors (Lipinski definition) is 1. The fourth-order valence-corrected chi connectivity index (χ4v) is 2.35. The number of aromatic nitrogens is 5. The quantitative estimate of drug-likeness (QED) is 0.777. The monoisotopic (exact) mass is 252 g/mol. The third kappa shape index (κ3) is 2.86. The maximum Gasteiger partial charge on any atom is 0.191 e. The third-order valence-corrected chi connectivity index (χ3v) is 3.51. The van der Waals surface area contributed by atoms with Gasteiger partial charge in [0, 0.05) is 38.0 Å². The summed E-state index contributed by atoms with van der Waals surface area (Å²) in [7, 11) is 3.88.